The highest BCUT2D eigenvalue weighted by Crippen LogP contribution is 2.81. The van der Waals surface area contributed by atoms with Gasteiger partial charge in [-0.1, -0.05) is 48.0 Å². The highest BCUT2D eigenvalue weighted by atomic mass is 16.1. The summed E-state index contributed by atoms with van der Waals surface area (Å²) in [6.45, 7) is 13.4. The second kappa shape index (κ2) is 2.49. The number of fused-ring (bicyclic) bond motifs is 1. The normalized spacial score (nSPS) is 40.5. The van der Waals surface area contributed by atoms with Crippen molar-refractivity contribution in [2.24, 2.45) is 21.7 Å². The molecule has 0 amide bonds. The largest absolute Gasteiger partial charge is 0.298 e. The van der Waals surface area contributed by atoms with E-state index in [1.165, 1.54) is 6.42 Å². The van der Waals surface area contributed by atoms with Crippen molar-refractivity contribution in [3.63, 3.8) is 0 Å². The van der Waals surface area contributed by atoms with Crippen molar-refractivity contribution in [3.8, 4) is 0 Å². The van der Waals surface area contributed by atoms with Gasteiger partial charge in [0.05, 0.1) is 0 Å². The summed E-state index contributed by atoms with van der Waals surface area (Å²) in [6.07, 6.45) is 3.47. The van der Waals surface area contributed by atoms with Crippen LogP contribution in [0.4, 0.5) is 0 Å². The fraction of sp³-hybridized carbons (Fsp3) is 0.929. The zero-order chi connectivity index (χ0) is 11.7. The molecule has 0 radical (unpaired) electrons. The lowest BCUT2D eigenvalue weighted by molar-refractivity contribution is -0.117. The molecule has 0 saturated heterocycles. The van der Waals surface area contributed by atoms with Gasteiger partial charge in [-0.15, -0.1) is 0 Å². The van der Waals surface area contributed by atoms with Crippen molar-refractivity contribution in [3.05, 3.63) is 0 Å². The molecule has 0 aromatic carbocycles. The van der Waals surface area contributed by atoms with Gasteiger partial charge in [0.25, 0.3) is 0 Å². The van der Waals surface area contributed by atoms with Crippen molar-refractivity contribution < 1.29 is 4.79 Å². The molecule has 0 aromatic rings. The molecule has 2 fully saturated rings. The predicted octanol–water partition coefficient (Wildman–Crippen LogP) is 3.82. The molecule has 0 heterocycles. The number of ketones is 1. The number of rotatable bonds is 0. The van der Waals surface area contributed by atoms with Crippen LogP contribution in [0.5, 0.6) is 0 Å². The van der Waals surface area contributed by atoms with E-state index in [4.69, 9.17) is 0 Å². The van der Waals surface area contributed by atoms with E-state index in [2.05, 4.69) is 41.5 Å². The molecule has 0 N–H and O–H groups in total. The zero-order valence-corrected chi connectivity index (χ0v) is 11.0. The van der Waals surface area contributed by atoms with Gasteiger partial charge in [-0.2, -0.15) is 0 Å². The molecule has 2 aliphatic rings. The van der Waals surface area contributed by atoms with E-state index in [-0.39, 0.29) is 21.7 Å². The van der Waals surface area contributed by atoms with E-state index < -0.39 is 0 Å². The Balaban J connectivity index is 2.51. The second-order valence-corrected chi connectivity index (χ2v) is 7.49. The lowest BCUT2D eigenvalue weighted by atomic mass is 9.66. The molecule has 2 rings (SSSR count). The SMILES string of the molecule is CC(C)(C)[C@@]12CCC[C@]1(C(C)(C)C)C2=O. The van der Waals surface area contributed by atoms with E-state index >= 15 is 0 Å². The molecule has 15 heavy (non-hydrogen) atoms. The zero-order valence-electron chi connectivity index (χ0n) is 11.0. The maximum absolute atomic E-state index is 12.4. The summed E-state index contributed by atoms with van der Waals surface area (Å²) in [6, 6.07) is 0. The summed E-state index contributed by atoms with van der Waals surface area (Å²) in [4.78, 5) is 12.4. The van der Waals surface area contributed by atoms with Crippen LogP contribution in [0.1, 0.15) is 60.8 Å². The predicted molar refractivity (Wildman–Crippen MR) is 62.6 cm³/mol. The van der Waals surface area contributed by atoms with Crippen molar-refractivity contribution in [1.82, 2.24) is 0 Å². The number of Topliss-reactive ketones (excluding diaryl/α,β-unsaturated/α-hetero) is 1. The molecule has 0 unspecified atom stereocenters. The highest BCUT2D eigenvalue weighted by molar-refractivity contribution is 6.10. The minimum Gasteiger partial charge on any atom is -0.298 e. The minimum atomic E-state index is -0.00174. The van der Waals surface area contributed by atoms with Gasteiger partial charge in [0.15, 0.2) is 0 Å². The Morgan fingerprint density at radius 1 is 0.867 bits per heavy atom. The maximum atomic E-state index is 12.4. The number of hydrogen-bond acceptors (Lipinski definition) is 1. The van der Waals surface area contributed by atoms with Crippen molar-refractivity contribution >= 4 is 5.78 Å². The molecule has 0 aromatic heterocycles. The van der Waals surface area contributed by atoms with Crippen LogP contribution in [0, 0.1) is 21.7 Å². The monoisotopic (exact) mass is 208 g/mol. The van der Waals surface area contributed by atoms with Crippen LogP contribution in [0.2, 0.25) is 0 Å². The number of carbonyl (C=O) groups is 1. The van der Waals surface area contributed by atoms with E-state index in [1.54, 1.807) is 0 Å². The minimum absolute atomic E-state index is 0.00174. The molecule has 0 bridgehead atoms. The fourth-order valence-corrected chi connectivity index (χ4v) is 4.47. The summed E-state index contributed by atoms with van der Waals surface area (Å²) >= 11 is 0. The van der Waals surface area contributed by atoms with Crippen molar-refractivity contribution in [2.75, 3.05) is 0 Å². The number of hydrogen-bond donors (Lipinski definition) is 0. The van der Waals surface area contributed by atoms with Gasteiger partial charge in [0.1, 0.15) is 5.78 Å². The summed E-state index contributed by atoms with van der Waals surface area (Å²) in [5, 5.41) is 0. The van der Waals surface area contributed by atoms with E-state index in [0.717, 1.165) is 12.8 Å². The molecule has 0 spiro atoms. The van der Waals surface area contributed by atoms with Crippen LogP contribution in [0.15, 0.2) is 0 Å². The summed E-state index contributed by atoms with van der Waals surface area (Å²) in [5.41, 5.74) is 0.262. The van der Waals surface area contributed by atoms with Crippen LogP contribution in [0.25, 0.3) is 0 Å². The Labute approximate surface area is 93.6 Å². The van der Waals surface area contributed by atoms with Crippen molar-refractivity contribution in [2.45, 2.75) is 60.8 Å². The average Bonchev–Trinajstić information content (AvgIpc) is 2.43. The topological polar surface area (TPSA) is 17.1 Å². The van der Waals surface area contributed by atoms with Crippen LogP contribution < -0.4 is 0 Å². The molecule has 86 valence electrons. The third-order valence-electron chi connectivity index (χ3n) is 5.11. The van der Waals surface area contributed by atoms with Gasteiger partial charge in [-0.3, -0.25) is 4.79 Å². The Bertz CT molecular complexity index is 285. The Morgan fingerprint density at radius 3 is 1.40 bits per heavy atom. The first kappa shape index (κ1) is 11.2. The molecular weight excluding hydrogens is 184 g/mol. The third kappa shape index (κ3) is 0.933. The Morgan fingerprint density at radius 2 is 1.20 bits per heavy atom. The fourth-order valence-electron chi connectivity index (χ4n) is 4.47. The molecule has 0 aliphatic heterocycles. The van der Waals surface area contributed by atoms with Crippen LogP contribution >= 0.6 is 0 Å². The summed E-state index contributed by atoms with van der Waals surface area (Å²) in [7, 11) is 0. The van der Waals surface area contributed by atoms with E-state index in [1.807, 2.05) is 0 Å². The van der Waals surface area contributed by atoms with Crippen LogP contribution in [0.3, 0.4) is 0 Å². The van der Waals surface area contributed by atoms with Gasteiger partial charge in [0.2, 0.25) is 0 Å². The van der Waals surface area contributed by atoms with Gasteiger partial charge in [-0.25, -0.2) is 0 Å². The molecule has 1 nitrogen and oxygen atoms in total. The second-order valence-electron chi connectivity index (χ2n) is 7.49. The van der Waals surface area contributed by atoms with E-state index in [0.29, 0.717) is 5.78 Å². The van der Waals surface area contributed by atoms with Gasteiger partial charge in [-0.05, 0) is 23.7 Å². The third-order valence-corrected chi connectivity index (χ3v) is 5.11. The van der Waals surface area contributed by atoms with Crippen LogP contribution in [-0.4, -0.2) is 5.78 Å². The molecule has 2 atom stereocenters. The quantitative estimate of drug-likeness (QED) is 0.591. The van der Waals surface area contributed by atoms with E-state index in [9.17, 15) is 4.79 Å². The first-order valence-corrected chi connectivity index (χ1v) is 6.16. The summed E-state index contributed by atoms with van der Waals surface area (Å²) < 4.78 is 0. The molecule has 1 heteroatoms. The lowest BCUT2D eigenvalue weighted by Gasteiger charge is -2.36. The molecule has 2 aliphatic carbocycles. The average molecular weight is 208 g/mol. The smallest absolute Gasteiger partial charge is 0.148 e. The highest BCUT2D eigenvalue weighted by Gasteiger charge is 2.85. The Hall–Kier alpha value is -0.330. The maximum Gasteiger partial charge on any atom is 0.148 e. The number of carbonyl (C=O) groups excluding carboxylic acids is 1. The van der Waals surface area contributed by atoms with Crippen molar-refractivity contribution in [1.29, 1.82) is 0 Å². The summed E-state index contributed by atoms with van der Waals surface area (Å²) in [5.74, 6) is 0.557. The molecular formula is C14H24O. The van der Waals surface area contributed by atoms with Crippen LogP contribution in [-0.2, 0) is 4.79 Å². The van der Waals surface area contributed by atoms with Gasteiger partial charge in [0, 0.05) is 10.8 Å². The van der Waals surface area contributed by atoms with Gasteiger partial charge >= 0.3 is 0 Å². The lowest BCUT2D eigenvalue weighted by Crippen LogP contribution is -2.32. The first-order chi connectivity index (χ1) is 6.61. The van der Waals surface area contributed by atoms with Gasteiger partial charge < -0.3 is 0 Å². The Kier molecular flexibility index (Phi) is 1.86. The standard InChI is InChI=1S/C14H24O/c1-11(2,3)13-8-7-9-14(13,10(13)15)12(4,5)6/h7-9H2,1-6H3/t13-,14+. The molecule has 2 saturated carbocycles. The first-order valence-electron chi connectivity index (χ1n) is 6.16.